The fourth-order valence-electron chi connectivity index (χ4n) is 4.18. The Hall–Kier alpha value is -1.32. The van der Waals surface area contributed by atoms with Crippen molar-refractivity contribution in [2.75, 3.05) is 6.54 Å². The average Bonchev–Trinajstić information content (AvgIpc) is 2.79. The van der Waals surface area contributed by atoms with Gasteiger partial charge >= 0.3 is 0 Å². The molecule has 1 aromatic carbocycles. The first-order valence-electron chi connectivity index (χ1n) is 9.45. The number of aliphatic hydroxyl groups is 1. The average molecular weight is 329 g/mol. The first kappa shape index (κ1) is 17.5. The summed E-state index contributed by atoms with van der Waals surface area (Å²) in [5.41, 5.74) is 5.12. The molecular formula is C21H32N2O. The van der Waals surface area contributed by atoms with Gasteiger partial charge in [0.05, 0.1) is 12.6 Å². The van der Waals surface area contributed by atoms with E-state index in [1.165, 1.54) is 53.4 Å². The summed E-state index contributed by atoms with van der Waals surface area (Å²) in [4.78, 5) is 0. The van der Waals surface area contributed by atoms with Crippen molar-refractivity contribution in [1.29, 1.82) is 0 Å². The van der Waals surface area contributed by atoms with Crippen LogP contribution >= 0.6 is 0 Å². The fourth-order valence-corrected chi connectivity index (χ4v) is 4.18. The van der Waals surface area contributed by atoms with Crippen molar-refractivity contribution in [3.8, 4) is 0 Å². The second kappa shape index (κ2) is 7.28. The topological polar surface area (TPSA) is 37.2 Å². The Morgan fingerprint density at radius 3 is 2.71 bits per heavy atom. The second-order valence-electron chi connectivity index (χ2n) is 7.77. The zero-order valence-corrected chi connectivity index (χ0v) is 15.6. The molecule has 1 aromatic heterocycles. The highest BCUT2D eigenvalue weighted by molar-refractivity contribution is 5.85. The lowest BCUT2D eigenvalue weighted by Crippen LogP contribution is -2.42. The molecule has 3 heteroatoms. The summed E-state index contributed by atoms with van der Waals surface area (Å²) >= 11 is 0. The van der Waals surface area contributed by atoms with E-state index in [-0.39, 0.29) is 6.10 Å². The van der Waals surface area contributed by atoms with E-state index >= 15 is 0 Å². The highest BCUT2D eigenvalue weighted by Crippen LogP contribution is 2.27. The van der Waals surface area contributed by atoms with E-state index in [1.54, 1.807) is 0 Å². The highest BCUT2D eigenvalue weighted by Gasteiger charge is 2.22. The minimum atomic E-state index is -0.353. The molecule has 3 atom stereocenters. The van der Waals surface area contributed by atoms with Crippen LogP contribution in [0.2, 0.25) is 0 Å². The molecule has 1 fully saturated rings. The quantitative estimate of drug-likeness (QED) is 0.867. The molecule has 1 aliphatic rings. The molecule has 0 bridgehead atoms. The maximum Gasteiger partial charge on any atom is 0.0843 e. The monoisotopic (exact) mass is 328 g/mol. The van der Waals surface area contributed by atoms with Gasteiger partial charge in [-0.25, -0.2) is 0 Å². The maximum absolute atomic E-state index is 10.6. The number of nitrogens with zero attached hydrogens (tertiary/aromatic N) is 1. The molecule has 24 heavy (non-hydrogen) atoms. The van der Waals surface area contributed by atoms with E-state index in [0.29, 0.717) is 19.1 Å². The molecule has 0 amide bonds. The number of rotatable bonds is 5. The Bertz CT molecular complexity index is 703. The molecule has 1 heterocycles. The van der Waals surface area contributed by atoms with Crippen molar-refractivity contribution in [3.63, 3.8) is 0 Å². The van der Waals surface area contributed by atoms with E-state index in [9.17, 15) is 5.11 Å². The summed E-state index contributed by atoms with van der Waals surface area (Å²) in [6.45, 7) is 10.1. The third-order valence-electron chi connectivity index (χ3n) is 5.91. The lowest BCUT2D eigenvalue weighted by molar-refractivity contribution is 0.139. The Labute approximate surface area is 146 Å². The first-order chi connectivity index (χ1) is 11.5. The third-order valence-corrected chi connectivity index (χ3v) is 5.91. The van der Waals surface area contributed by atoms with Gasteiger partial charge in [-0.05, 0) is 57.2 Å². The highest BCUT2D eigenvalue weighted by atomic mass is 16.3. The molecule has 0 unspecified atom stereocenters. The maximum atomic E-state index is 10.6. The van der Waals surface area contributed by atoms with Crippen molar-refractivity contribution in [1.82, 2.24) is 9.88 Å². The number of hydrogen-bond donors (Lipinski definition) is 2. The Kier molecular flexibility index (Phi) is 5.31. The van der Waals surface area contributed by atoms with Gasteiger partial charge < -0.3 is 15.0 Å². The number of aliphatic hydroxyl groups excluding tert-OH is 1. The minimum Gasteiger partial charge on any atom is -0.390 e. The zero-order valence-electron chi connectivity index (χ0n) is 15.6. The smallest absolute Gasteiger partial charge is 0.0843 e. The zero-order chi connectivity index (χ0) is 17.3. The largest absolute Gasteiger partial charge is 0.390 e. The second-order valence-corrected chi connectivity index (χ2v) is 7.77. The van der Waals surface area contributed by atoms with Crippen molar-refractivity contribution < 1.29 is 5.11 Å². The van der Waals surface area contributed by atoms with Gasteiger partial charge in [-0.1, -0.05) is 31.4 Å². The fraction of sp³-hybridized carbons (Fsp3) is 0.619. The van der Waals surface area contributed by atoms with Crippen LogP contribution in [0.1, 0.15) is 49.4 Å². The summed E-state index contributed by atoms with van der Waals surface area (Å²) in [7, 11) is 0. The number of fused-ring (bicyclic) bond motifs is 1. The van der Waals surface area contributed by atoms with Crippen LogP contribution in [0.15, 0.2) is 18.2 Å². The number of benzene rings is 1. The molecule has 3 rings (SSSR count). The normalized spacial score (nSPS) is 22.9. The van der Waals surface area contributed by atoms with Crippen LogP contribution in [0, 0.1) is 26.7 Å². The summed E-state index contributed by atoms with van der Waals surface area (Å²) in [6, 6.07) is 7.17. The summed E-state index contributed by atoms with van der Waals surface area (Å²) < 4.78 is 2.28. The standard InChI is InChI=1S/C21H32N2O/c1-14-9-10-21-19(11-14)16(3)17(4)23(21)13-18(24)12-22-20-8-6-5-7-15(20)2/h9-11,15,18,20,22,24H,5-8,12-13H2,1-4H3/t15-,18-,20-/m1/s1. The number of aromatic nitrogens is 1. The molecule has 0 radical (unpaired) electrons. The van der Waals surface area contributed by atoms with Gasteiger partial charge in [-0.2, -0.15) is 0 Å². The lowest BCUT2D eigenvalue weighted by atomic mass is 9.86. The van der Waals surface area contributed by atoms with E-state index < -0.39 is 0 Å². The van der Waals surface area contributed by atoms with Crippen molar-refractivity contribution >= 4 is 10.9 Å². The number of hydrogen-bond acceptors (Lipinski definition) is 2. The van der Waals surface area contributed by atoms with Gasteiger partial charge in [0.15, 0.2) is 0 Å². The van der Waals surface area contributed by atoms with Crippen LogP contribution in [0.5, 0.6) is 0 Å². The molecule has 1 saturated carbocycles. The van der Waals surface area contributed by atoms with Crippen molar-refractivity contribution in [2.24, 2.45) is 5.92 Å². The van der Waals surface area contributed by atoms with Crippen LogP contribution in [-0.4, -0.2) is 28.4 Å². The Balaban J connectivity index is 1.69. The number of aryl methyl sites for hydroxylation is 2. The Morgan fingerprint density at radius 2 is 1.96 bits per heavy atom. The van der Waals surface area contributed by atoms with Gasteiger partial charge in [0, 0.05) is 29.2 Å². The minimum absolute atomic E-state index is 0.353. The van der Waals surface area contributed by atoms with Crippen LogP contribution in [-0.2, 0) is 6.54 Å². The SMILES string of the molecule is Cc1ccc2c(c1)c(C)c(C)n2C[C@H](O)CN[C@@H]1CCCC[C@H]1C. The molecule has 132 valence electrons. The predicted octanol–water partition coefficient (Wildman–Crippen LogP) is 4.10. The van der Waals surface area contributed by atoms with Crippen LogP contribution in [0.4, 0.5) is 0 Å². The summed E-state index contributed by atoms with van der Waals surface area (Å²) in [6.07, 6.45) is 4.88. The van der Waals surface area contributed by atoms with Gasteiger partial charge in [-0.15, -0.1) is 0 Å². The van der Waals surface area contributed by atoms with Crippen LogP contribution in [0.3, 0.4) is 0 Å². The first-order valence-corrected chi connectivity index (χ1v) is 9.45. The van der Waals surface area contributed by atoms with Crippen LogP contribution in [0.25, 0.3) is 10.9 Å². The number of nitrogens with one attached hydrogen (secondary N) is 1. The molecule has 0 saturated heterocycles. The van der Waals surface area contributed by atoms with Gasteiger partial charge in [0.1, 0.15) is 0 Å². The van der Waals surface area contributed by atoms with E-state index in [4.69, 9.17) is 0 Å². The molecule has 0 spiro atoms. The lowest BCUT2D eigenvalue weighted by Gasteiger charge is -2.30. The summed E-state index contributed by atoms with van der Waals surface area (Å²) in [5, 5.41) is 15.5. The van der Waals surface area contributed by atoms with E-state index in [1.807, 2.05) is 0 Å². The van der Waals surface area contributed by atoms with Gasteiger partial charge in [0.25, 0.3) is 0 Å². The Morgan fingerprint density at radius 1 is 1.21 bits per heavy atom. The molecule has 1 aliphatic carbocycles. The molecule has 2 N–H and O–H groups in total. The van der Waals surface area contributed by atoms with Gasteiger partial charge in [-0.3, -0.25) is 0 Å². The molecule has 3 nitrogen and oxygen atoms in total. The van der Waals surface area contributed by atoms with E-state index in [2.05, 4.69) is 55.8 Å². The molecule has 0 aliphatic heterocycles. The molecule has 2 aromatic rings. The predicted molar refractivity (Wildman–Crippen MR) is 102 cm³/mol. The van der Waals surface area contributed by atoms with Crippen molar-refractivity contribution in [3.05, 3.63) is 35.0 Å². The van der Waals surface area contributed by atoms with Crippen molar-refractivity contribution in [2.45, 2.75) is 72.1 Å². The molecular weight excluding hydrogens is 296 g/mol. The van der Waals surface area contributed by atoms with E-state index in [0.717, 1.165) is 5.92 Å². The summed E-state index contributed by atoms with van der Waals surface area (Å²) in [5.74, 6) is 0.727. The van der Waals surface area contributed by atoms with Crippen LogP contribution < -0.4 is 5.32 Å². The van der Waals surface area contributed by atoms with Gasteiger partial charge in [0.2, 0.25) is 0 Å². The third kappa shape index (κ3) is 3.52.